The molecule has 0 aliphatic rings. The predicted octanol–water partition coefficient (Wildman–Crippen LogP) is 4.96. The van der Waals surface area contributed by atoms with Gasteiger partial charge in [-0.3, -0.25) is 9.10 Å². The first-order valence-electron chi connectivity index (χ1n) is 9.82. The summed E-state index contributed by atoms with van der Waals surface area (Å²) in [5.74, 6) is -0.114. The Bertz CT molecular complexity index is 952. The van der Waals surface area contributed by atoms with Gasteiger partial charge in [-0.05, 0) is 55.0 Å². The van der Waals surface area contributed by atoms with E-state index in [0.29, 0.717) is 22.7 Å². The highest BCUT2D eigenvalue weighted by molar-refractivity contribution is 7.92. The standard InChI is InChI=1S/C22H29ClN2O3S/c1-5-17-10-7-11-18(6-2)22(17)24-21(26)14-9-15-25(29(4,27)28)20-13-8-12-19(23)16(20)3/h7-8,10-13H,5-6,9,14-15H2,1-4H3,(H,24,26). The number of sulfonamides is 1. The Labute approximate surface area is 179 Å². The van der Waals surface area contributed by atoms with Gasteiger partial charge in [0.25, 0.3) is 0 Å². The first-order chi connectivity index (χ1) is 13.7. The SMILES string of the molecule is CCc1cccc(CC)c1NC(=O)CCCN(c1cccc(Cl)c1C)S(C)(=O)=O. The van der Waals surface area contributed by atoms with Crippen LogP contribution in [-0.2, 0) is 27.7 Å². The van der Waals surface area contributed by atoms with Crippen molar-refractivity contribution in [3.8, 4) is 0 Å². The molecular formula is C22H29ClN2O3S. The van der Waals surface area contributed by atoms with Crippen molar-refractivity contribution in [1.29, 1.82) is 0 Å². The van der Waals surface area contributed by atoms with Gasteiger partial charge in [-0.15, -0.1) is 0 Å². The molecule has 29 heavy (non-hydrogen) atoms. The second kappa shape index (κ2) is 10.1. The lowest BCUT2D eigenvalue weighted by Crippen LogP contribution is -2.32. The molecular weight excluding hydrogens is 408 g/mol. The number of hydrogen-bond acceptors (Lipinski definition) is 3. The Kier molecular flexibility index (Phi) is 8.11. The normalized spacial score (nSPS) is 11.3. The van der Waals surface area contributed by atoms with Gasteiger partial charge in [0.15, 0.2) is 0 Å². The Hall–Kier alpha value is -2.05. The summed E-state index contributed by atoms with van der Waals surface area (Å²) in [5, 5.41) is 3.54. The van der Waals surface area contributed by atoms with Crippen molar-refractivity contribution in [3.05, 3.63) is 58.1 Å². The van der Waals surface area contributed by atoms with E-state index < -0.39 is 10.0 Å². The Morgan fingerprint density at radius 2 is 1.66 bits per heavy atom. The van der Waals surface area contributed by atoms with E-state index in [9.17, 15) is 13.2 Å². The number of rotatable bonds is 9. The molecule has 0 unspecified atom stereocenters. The lowest BCUT2D eigenvalue weighted by Gasteiger charge is -2.24. The van der Waals surface area contributed by atoms with Crippen molar-refractivity contribution in [3.63, 3.8) is 0 Å². The molecule has 1 amide bonds. The maximum Gasteiger partial charge on any atom is 0.232 e. The number of aryl methyl sites for hydroxylation is 2. The van der Waals surface area contributed by atoms with Crippen LogP contribution in [0.4, 0.5) is 11.4 Å². The largest absolute Gasteiger partial charge is 0.326 e. The molecule has 0 fully saturated rings. The summed E-state index contributed by atoms with van der Waals surface area (Å²) in [6.07, 6.45) is 3.46. The zero-order chi connectivity index (χ0) is 21.6. The van der Waals surface area contributed by atoms with Gasteiger partial charge >= 0.3 is 0 Å². The topological polar surface area (TPSA) is 66.5 Å². The number of nitrogens with one attached hydrogen (secondary N) is 1. The fourth-order valence-electron chi connectivity index (χ4n) is 3.32. The van der Waals surface area contributed by atoms with Gasteiger partial charge in [0.05, 0.1) is 11.9 Å². The average molecular weight is 437 g/mol. The number of carbonyl (C=O) groups excluding carboxylic acids is 1. The first kappa shape index (κ1) is 23.2. The molecule has 1 N–H and O–H groups in total. The summed E-state index contributed by atoms with van der Waals surface area (Å²) in [6.45, 7) is 6.11. The van der Waals surface area contributed by atoms with Crippen LogP contribution in [0.3, 0.4) is 0 Å². The maximum absolute atomic E-state index is 12.5. The van der Waals surface area contributed by atoms with Crippen LogP contribution < -0.4 is 9.62 Å². The molecule has 0 aliphatic heterocycles. The molecule has 0 saturated heterocycles. The highest BCUT2D eigenvalue weighted by atomic mass is 35.5. The van der Waals surface area contributed by atoms with Gasteiger partial charge in [0, 0.05) is 23.7 Å². The van der Waals surface area contributed by atoms with Crippen molar-refractivity contribution in [2.45, 2.75) is 46.5 Å². The van der Waals surface area contributed by atoms with Crippen LogP contribution in [0.1, 0.15) is 43.4 Å². The molecule has 0 aromatic heterocycles. The van der Waals surface area contributed by atoms with Gasteiger partial charge < -0.3 is 5.32 Å². The Morgan fingerprint density at radius 3 is 2.21 bits per heavy atom. The van der Waals surface area contributed by atoms with Gasteiger partial charge in [-0.2, -0.15) is 0 Å². The number of amides is 1. The summed E-state index contributed by atoms with van der Waals surface area (Å²) in [7, 11) is -3.49. The van der Waals surface area contributed by atoms with Gasteiger partial charge in [0.2, 0.25) is 15.9 Å². The molecule has 0 spiro atoms. The van der Waals surface area contributed by atoms with Crippen molar-refractivity contribution in [2.75, 3.05) is 22.4 Å². The third-order valence-corrected chi connectivity index (χ3v) is 6.53. The van der Waals surface area contributed by atoms with Crippen LogP contribution in [0.2, 0.25) is 5.02 Å². The molecule has 2 aromatic rings. The third-order valence-electron chi connectivity index (χ3n) is 4.94. The molecule has 7 heteroatoms. The van der Waals surface area contributed by atoms with E-state index in [4.69, 9.17) is 11.6 Å². The fraction of sp³-hybridized carbons (Fsp3) is 0.409. The highest BCUT2D eigenvalue weighted by Crippen LogP contribution is 2.28. The summed E-state index contributed by atoms with van der Waals surface area (Å²) >= 11 is 6.15. The lowest BCUT2D eigenvalue weighted by atomic mass is 10.0. The van der Waals surface area contributed by atoms with E-state index in [1.54, 1.807) is 25.1 Å². The van der Waals surface area contributed by atoms with Crippen molar-refractivity contribution >= 4 is 38.9 Å². The number of benzene rings is 2. The highest BCUT2D eigenvalue weighted by Gasteiger charge is 2.20. The van der Waals surface area contributed by atoms with Crippen LogP contribution >= 0.6 is 11.6 Å². The third kappa shape index (κ3) is 5.97. The predicted molar refractivity (Wildman–Crippen MR) is 121 cm³/mol. The molecule has 2 rings (SSSR count). The van der Waals surface area contributed by atoms with Gasteiger partial charge in [0.1, 0.15) is 0 Å². The van der Waals surface area contributed by atoms with Gasteiger partial charge in [-0.25, -0.2) is 8.42 Å². The monoisotopic (exact) mass is 436 g/mol. The van der Waals surface area contributed by atoms with E-state index in [1.807, 2.05) is 18.2 Å². The number of halogens is 1. The molecule has 0 aliphatic carbocycles. The van der Waals surface area contributed by atoms with E-state index in [1.165, 1.54) is 10.6 Å². The minimum absolute atomic E-state index is 0.114. The summed E-state index contributed by atoms with van der Waals surface area (Å²) in [6, 6.07) is 11.2. The Morgan fingerprint density at radius 1 is 1.07 bits per heavy atom. The molecule has 0 radical (unpaired) electrons. The minimum Gasteiger partial charge on any atom is -0.326 e. The molecule has 2 aromatic carbocycles. The number of hydrogen-bond donors (Lipinski definition) is 1. The smallest absolute Gasteiger partial charge is 0.232 e. The van der Waals surface area contributed by atoms with Crippen molar-refractivity contribution in [1.82, 2.24) is 0 Å². The number of anilines is 2. The molecule has 0 heterocycles. The van der Waals surface area contributed by atoms with E-state index in [2.05, 4.69) is 19.2 Å². The minimum atomic E-state index is -3.49. The zero-order valence-electron chi connectivity index (χ0n) is 17.5. The molecule has 0 bridgehead atoms. The number of carbonyl (C=O) groups is 1. The molecule has 158 valence electrons. The van der Waals surface area contributed by atoms with Crippen molar-refractivity contribution < 1.29 is 13.2 Å². The summed E-state index contributed by atoms with van der Waals surface area (Å²) < 4.78 is 25.9. The number of para-hydroxylation sites is 1. The van der Waals surface area contributed by atoms with Gasteiger partial charge in [-0.1, -0.05) is 49.7 Å². The zero-order valence-corrected chi connectivity index (χ0v) is 19.0. The van der Waals surface area contributed by atoms with Crippen LogP contribution in [-0.4, -0.2) is 27.1 Å². The van der Waals surface area contributed by atoms with E-state index in [0.717, 1.165) is 29.7 Å². The van der Waals surface area contributed by atoms with Crippen LogP contribution in [0.5, 0.6) is 0 Å². The molecule has 0 atom stereocenters. The van der Waals surface area contributed by atoms with Crippen LogP contribution in [0.15, 0.2) is 36.4 Å². The van der Waals surface area contributed by atoms with Crippen molar-refractivity contribution in [2.24, 2.45) is 0 Å². The van der Waals surface area contributed by atoms with Crippen LogP contribution in [0, 0.1) is 6.92 Å². The second-order valence-electron chi connectivity index (χ2n) is 7.03. The molecule has 5 nitrogen and oxygen atoms in total. The fourth-order valence-corrected chi connectivity index (χ4v) is 4.50. The average Bonchev–Trinajstić information content (AvgIpc) is 2.67. The first-order valence-corrected chi connectivity index (χ1v) is 12.0. The quantitative estimate of drug-likeness (QED) is 0.604. The maximum atomic E-state index is 12.5. The number of nitrogens with zero attached hydrogens (tertiary/aromatic N) is 1. The summed E-state index contributed by atoms with van der Waals surface area (Å²) in [5.41, 5.74) is 4.33. The summed E-state index contributed by atoms with van der Waals surface area (Å²) in [4.78, 5) is 12.5. The van der Waals surface area contributed by atoms with E-state index >= 15 is 0 Å². The van der Waals surface area contributed by atoms with E-state index in [-0.39, 0.29) is 18.9 Å². The second-order valence-corrected chi connectivity index (χ2v) is 9.34. The lowest BCUT2D eigenvalue weighted by molar-refractivity contribution is -0.116. The molecule has 0 saturated carbocycles. The Balaban J connectivity index is 2.09. The van der Waals surface area contributed by atoms with Crippen LogP contribution in [0.25, 0.3) is 0 Å².